The Kier molecular flexibility index (Phi) is 5.69. The average molecular weight is 199 g/mol. The van der Waals surface area contributed by atoms with E-state index in [1.165, 1.54) is 7.11 Å². The molecule has 11 heavy (non-hydrogen) atoms. The molecule has 0 aliphatic rings. The lowest BCUT2D eigenvalue weighted by Gasteiger charge is -2.11. The van der Waals surface area contributed by atoms with Crippen LogP contribution in [0.5, 0.6) is 0 Å². The summed E-state index contributed by atoms with van der Waals surface area (Å²) in [6.07, 6.45) is 0.937. The van der Waals surface area contributed by atoms with E-state index in [0.29, 0.717) is 0 Å². The van der Waals surface area contributed by atoms with Crippen molar-refractivity contribution in [2.24, 2.45) is 0 Å². The molecule has 2 nitrogen and oxygen atoms in total. The summed E-state index contributed by atoms with van der Waals surface area (Å²) in [5.74, 6) is -0.316. The number of rotatable bonds is 4. The standard InChI is InChI=1S/C7H12Cl2O2/c1-3-5(8)6(9)4-7(10)11-2/h5-6H,3-4H2,1-2H3/t5-,6+/m0/s1. The maximum absolute atomic E-state index is 10.7. The van der Waals surface area contributed by atoms with Crippen LogP contribution in [0.15, 0.2) is 0 Å². The highest BCUT2D eigenvalue weighted by Crippen LogP contribution is 2.16. The number of carbonyl (C=O) groups is 1. The molecule has 4 heteroatoms. The molecule has 0 aromatic rings. The van der Waals surface area contributed by atoms with Crippen LogP contribution in [0.25, 0.3) is 0 Å². The third-order valence-corrected chi connectivity index (χ3v) is 2.57. The first-order valence-corrected chi connectivity index (χ1v) is 4.34. The average Bonchev–Trinajstić information content (AvgIpc) is 2.02. The minimum Gasteiger partial charge on any atom is -0.469 e. The van der Waals surface area contributed by atoms with Crippen LogP contribution in [0.4, 0.5) is 0 Å². The largest absolute Gasteiger partial charge is 0.469 e. The van der Waals surface area contributed by atoms with Crippen molar-refractivity contribution < 1.29 is 9.53 Å². The SMILES string of the molecule is CC[C@H](Cl)[C@H](Cl)CC(=O)OC. The molecule has 0 aliphatic heterocycles. The van der Waals surface area contributed by atoms with Crippen LogP contribution < -0.4 is 0 Å². The summed E-state index contributed by atoms with van der Waals surface area (Å²) in [6.45, 7) is 1.92. The Labute approximate surface area is 76.8 Å². The van der Waals surface area contributed by atoms with Crippen molar-refractivity contribution in [3.8, 4) is 0 Å². The van der Waals surface area contributed by atoms with Gasteiger partial charge in [-0.15, -0.1) is 23.2 Å². The van der Waals surface area contributed by atoms with E-state index in [4.69, 9.17) is 23.2 Å². The molecule has 0 fully saturated rings. The molecule has 0 saturated heterocycles. The van der Waals surface area contributed by atoms with Crippen molar-refractivity contribution in [2.45, 2.75) is 30.5 Å². The molecule has 66 valence electrons. The molecule has 0 amide bonds. The Hall–Kier alpha value is 0.0500. The first-order chi connectivity index (χ1) is 5.11. The summed E-state index contributed by atoms with van der Waals surface area (Å²) in [7, 11) is 1.33. The van der Waals surface area contributed by atoms with Gasteiger partial charge >= 0.3 is 5.97 Å². The molecule has 0 aromatic carbocycles. The molecule has 0 heterocycles. The van der Waals surface area contributed by atoms with E-state index in [1.54, 1.807) is 0 Å². The first-order valence-electron chi connectivity index (χ1n) is 3.46. The van der Waals surface area contributed by atoms with Gasteiger partial charge in [0, 0.05) is 0 Å². The van der Waals surface area contributed by atoms with E-state index in [1.807, 2.05) is 6.92 Å². The van der Waals surface area contributed by atoms with Crippen LogP contribution in [-0.2, 0) is 9.53 Å². The topological polar surface area (TPSA) is 26.3 Å². The maximum atomic E-state index is 10.7. The van der Waals surface area contributed by atoms with Crippen molar-refractivity contribution in [3.63, 3.8) is 0 Å². The lowest BCUT2D eigenvalue weighted by molar-refractivity contribution is -0.140. The van der Waals surface area contributed by atoms with Crippen LogP contribution >= 0.6 is 23.2 Å². The fraction of sp³-hybridized carbons (Fsp3) is 0.857. The summed E-state index contributed by atoms with van der Waals surface area (Å²) in [5.41, 5.74) is 0. The van der Waals surface area contributed by atoms with Crippen molar-refractivity contribution in [3.05, 3.63) is 0 Å². The third-order valence-electron chi connectivity index (χ3n) is 1.37. The summed E-state index contributed by atoms with van der Waals surface area (Å²) in [6, 6.07) is 0. The van der Waals surface area contributed by atoms with Crippen molar-refractivity contribution >= 4 is 29.2 Å². The van der Waals surface area contributed by atoms with E-state index in [-0.39, 0.29) is 23.1 Å². The van der Waals surface area contributed by atoms with Gasteiger partial charge in [0.1, 0.15) is 0 Å². The monoisotopic (exact) mass is 198 g/mol. The van der Waals surface area contributed by atoms with E-state index in [2.05, 4.69) is 4.74 Å². The van der Waals surface area contributed by atoms with Gasteiger partial charge in [0.05, 0.1) is 24.3 Å². The molecule has 0 bridgehead atoms. The van der Waals surface area contributed by atoms with Crippen molar-refractivity contribution in [1.82, 2.24) is 0 Å². The second kappa shape index (κ2) is 5.67. The molecule has 0 spiro atoms. The highest BCUT2D eigenvalue weighted by Gasteiger charge is 2.18. The second-order valence-corrected chi connectivity index (χ2v) is 3.34. The van der Waals surface area contributed by atoms with E-state index in [9.17, 15) is 4.79 Å². The van der Waals surface area contributed by atoms with Crippen molar-refractivity contribution in [2.75, 3.05) is 7.11 Å². The molecular formula is C7H12Cl2O2. The third kappa shape index (κ3) is 4.49. The van der Waals surface area contributed by atoms with Gasteiger partial charge in [-0.2, -0.15) is 0 Å². The van der Waals surface area contributed by atoms with Gasteiger partial charge in [-0.05, 0) is 6.42 Å². The van der Waals surface area contributed by atoms with Crippen LogP contribution in [-0.4, -0.2) is 23.8 Å². The molecule has 0 unspecified atom stereocenters. The fourth-order valence-electron chi connectivity index (χ4n) is 0.626. The van der Waals surface area contributed by atoms with Gasteiger partial charge in [0.15, 0.2) is 0 Å². The zero-order valence-corrected chi connectivity index (χ0v) is 8.15. The Morgan fingerprint density at radius 1 is 1.45 bits per heavy atom. The second-order valence-electron chi connectivity index (χ2n) is 2.22. The summed E-state index contributed by atoms with van der Waals surface area (Å²) < 4.78 is 4.43. The molecule has 0 saturated carbocycles. The minimum absolute atomic E-state index is 0.157. The quantitative estimate of drug-likeness (QED) is 0.512. The zero-order chi connectivity index (χ0) is 8.85. The number of alkyl halides is 2. The smallest absolute Gasteiger partial charge is 0.307 e. The van der Waals surface area contributed by atoms with Crippen LogP contribution in [0.2, 0.25) is 0 Å². The summed E-state index contributed by atoms with van der Waals surface area (Å²) in [5, 5.41) is -0.482. The molecular weight excluding hydrogens is 187 g/mol. The Balaban J connectivity index is 3.67. The number of ether oxygens (including phenoxy) is 1. The molecule has 0 rings (SSSR count). The lowest BCUT2D eigenvalue weighted by atomic mass is 10.2. The summed E-state index contributed by atoms with van der Waals surface area (Å²) >= 11 is 11.5. The van der Waals surface area contributed by atoms with Gasteiger partial charge in [-0.1, -0.05) is 6.92 Å². The summed E-state index contributed by atoms with van der Waals surface area (Å²) in [4.78, 5) is 10.7. The normalized spacial score (nSPS) is 15.6. The molecule has 0 N–H and O–H groups in total. The fourth-order valence-corrected chi connectivity index (χ4v) is 1.02. The highest BCUT2D eigenvalue weighted by atomic mass is 35.5. The molecule has 0 radical (unpaired) electrons. The number of esters is 1. The number of carbonyl (C=O) groups excluding carboxylic acids is 1. The van der Waals surface area contributed by atoms with Crippen LogP contribution in [0.1, 0.15) is 19.8 Å². The van der Waals surface area contributed by atoms with Gasteiger partial charge < -0.3 is 4.74 Å². The zero-order valence-electron chi connectivity index (χ0n) is 6.64. The number of methoxy groups -OCH3 is 1. The van der Waals surface area contributed by atoms with Gasteiger partial charge in [0.2, 0.25) is 0 Å². The number of hydrogen-bond acceptors (Lipinski definition) is 2. The Morgan fingerprint density at radius 2 is 2.00 bits per heavy atom. The number of halogens is 2. The highest BCUT2D eigenvalue weighted by molar-refractivity contribution is 6.30. The Bertz CT molecular complexity index is 128. The number of hydrogen-bond donors (Lipinski definition) is 0. The minimum atomic E-state index is -0.325. The van der Waals surface area contributed by atoms with E-state index >= 15 is 0 Å². The predicted octanol–water partition coefficient (Wildman–Crippen LogP) is 2.17. The Morgan fingerprint density at radius 3 is 2.36 bits per heavy atom. The van der Waals surface area contributed by atoms with Gasteiger partial charge in [-0.3, -0.25) is 4.79 Å². The van der Waals surface area contributed by atoms with Gasteiger partial charge in [-0.25, -0.2) is 0 Å². The maximum Gasteiger partial charge on any atom is 0.307 e. The van der Waals surface area contributed by atoms with Gasteiger partial charge in [0.25, 0.3) is 0 Å². The predicted molar refractivity (Wildman–Crippen MR) is 46.2 cm³/mol. The first kappa shape index (κ1) is 11.1. The lowest BCUT2D eigenvalue weighted by Crippen LogP contribution is -2.18. The molecule has 2 atom stereocenters. The van der Waals surface area contributed by atoms with E-state index < -0.39 is 0 Å². The van der Waals surface area contributed by atoms with Crippen LogP contribution in [0.3, 0.4) is 0 Å². The molecule has 0 aliphatic carbocycles. The molecule has 0 aromatic heterocycles. The van der Waals surface area contributed by atoms with Crippen LogP contribution in [0, 0.1) is 0 Å². The van der Waals surface area contributed by atoms with E-state index in [0.717, 1.165) is 6.42 Å². The van der Waals surface area contributed by atoms with Crippen molar-refractivity contribution in [1.29, 1.82) is 0 Å².